The number of rotatable bonds is 1. The number of nitrogens with one attached hydrogen (secondary N) is 1. The number of carbonyl (C=O) groups excluding carboxylic acids is 2. The van der Waals surface area contributed by atoms with E-state index in [0.717, 1.165) is 0 Å². The highest BCUT2D eigenvalue weighted by Crippen LogP contribution is 2.11. The molecule has 0 fully saturated rings. The third-order valence-electron chi connectivity index (χ3n) is 1.27. The summed E-state index contributed by atoms with van der Waals surface area (Å²) >= 11 is 0. The van der Waals surface area contributed by atoms with Crippen molar-refractivity contribution >= 4 is 18.4 Å². The molecule has 0 spiro atoms. The molecule has 0 unspecified atom stereocenters. The lowest BCUT2D eigenvalue weighted by atomic mass is 10.2. The van der Waals surface area contributed by atoms with Crippen molar-refractivity contribution in [3.63, 3.8) is 0 Å². The fourth-order valence-corrected chi connectivity index (χ4v) is 0.761. The molecule has 0 saturated heterocycles. The van der Waals surface area contributed by atoms with Crippen molar-refractivity contribution in [2.45, 2.75) is 59.7 Å². The van der Waals surface area contributed by atoms with Gasteiger partial charge in [-0.15, -0.1) is 0 Å². The van der Waals surface area contributed by atoms with Crippen molar-refractivity contribution in [3.8, 4) is 0 Å². The van der Waals surface area contributed by atoms with Gasteiger partial charge in [0, 0.05) is 6.54 Å². The Bertz CT molecular complexity index is 327. The van der Waals surface area contributed by atoms with Gasteiger partial charge in [0.25, 0.3) is 0 Å². The Labute approximate surface area is 124 Å². The number of carbonyl (C=O) groups is 3. The number of carboxylic acid groups (broad SMARTS) is 1. The van der Waals surface area contributed by atoms with Gasteiger partial charge in [-0.05, 0) is 48.5 Å². The number of amides is 1. The minimum Gasteiger partial charge on any atom is -0.465 e. The van der Waals surface area contributed by atoms with Crippen LogP contribution >= 0.6 is 0 Å². The Balaban J connectivity index is 0. The number of hydrogen-bond donors (Lipinski definition) is 2. The summed E-state index contributed by atoms with van der Waals surface area (Å²) in [6.45, 7) is 12.2. The van der Waals surface area contributed by atoms with Crippen LogP contribution in [0.1, 0.15) is 48.5 Å². The maximum atomic E-state index is 11.0. The van der Waals surface area contributed by atoms with Crippen LogP contribution in [-0.4, -0.2) is 41.3 Å². The average Bonchev–Trinajstić information content (AvgIpc) is 2.10. The summed E-state index contributed by atoms with van der Waals surface area (Å²) in [4.78, 5) is 31.5. The Hall–Kier alpha value is -1.99. The van der Waals surface area contributed by atoms with E-state index >= 15 is 0 Å². The molecule has 0 bridgehead atoms. The maximum absolute atomic E-state index is 11.0. The first-order valence-electron chi connectivity index (χ1n) is 6.37. The minimum atomic E-state index is -1.06. The van der Waals surface area contributed by atoms with E-state index in [2.05, 4.69) is 10.1 Å². The van der Waals surface area contributed by atoms with Crippen LogP contribution in [0.5, 0.6) is 0 Å². The van der Waals surface area contributed by atoms with E-state index in [9.17, 15) is 14.4 Å². The van der Waals surface area contributed by atoms with E-state index in [1.165, 1.54) is 0 Å². The second-order valence-corrected chi connectivity index (χ2v) is 5.87. The summed E-state index contributed by atoms with van der Waals surface area (Å²) in [7, 11) is 0. The Kier molecular flexibility index (Phi) is 9.17. The summed E-state index contributed by atoms with van der Waals surface area (Å²) in [6, 6.07) is 0. The summed E-state index contributed by atoms with van der Waals surface area (Å²) in [5.74, 6) is 0. The molecule has 0 saturated carbocycles. The van der Waals surface area contributed by atoms with Gasteiger partial charge in [0.1, 0.15) is 11.2 Å². The fraction of sp³-hybridized carbons (Fsp3) is 0.769. The highest BCUT2D eigenvalue weighted by molar-refractivity contribution is 5.77. The van der Waals surface area contributed by atoms with E-state index in [0.29, 0.717) is 6.54 Å². The molecule has 0 aliphatic heterocycles. The average molecular weight is 307 g/mol. The van der Waals surface area contributed by atoms with Crippen LogP contribution in [0.3, 0.4) is 0 Å². The van der Waals surface area contributed by atoms with Crippen molar-refractivity contribution in [3.05, 3.63) is 0 Å². The standard InChI is InChI=1S/C10H18O5.C3H7NO2/c1-9(2,3)14-7(11)13-8(12)15-10(4,5)6;1-2-4-3(5)6/h1-6H3;4H,2H2,1H3,(H,5,6). The largest absolute Gasteiger partial charge is 0.519 e. The van der Waals surface area contributed by atoms with Crippen molar-refractivity contribution in [2.24, 2.45) is 0 Å². The number of ether oxygens (including phenoxy) is 3. The second-order valence-electron chi connectivity index (χ2n) is 5.87. The molecule has 8 nitrogen and oxygen atoms in total. The molecular formula is C13H25NO7. The molecule has 0 radical (unpaired) electrons. The second kappa shape index (κ2) is 9.04. The van der Waals surface area contributed by atoms with E-state index < -0.39 is 29.6 Å². The van der Waals surface area contributed by atoms with Gasteiger partial charge in [-0.1, -0.05) is 0 Å². The van der Waals surface area contributed by atoms with Crippen LogP contribution in [-0.2, 0) is 14.2 Å². The molecule has 8 heteroatoms. The molecular weight excluding hydrogens is 282 g/mol. The van der Waals surface area contributed by atoms with E-state index in [1.54, 1.807) is 48.5 Å². The lowest BCUT2D eigenvalue weighted by Gasteiger charge is -2.20. The van der Waals surface area contributed by atoms with Gasteiger partial charge in [-0.2, -0.15) is 0 Å². The molecule has 1 amide bonds. The molecule has 2 N–H and O–H groups in total. The van der Waals surface area contributed by atoms with Crippen LogP contribution in [0.2, 0.25) is 0 Å². The zero-order valence-corrected chi connectivity index (χ0v) is 13.6. The van der Waals surface area contributed by atoms with Crippen molar-refractivity contribution < 1.29 is 33.7 Å². The highest BCUT2D eigenvalue weighted by atomic mass is 16.8. The number of hydrogen-bond acceptors (Lipinski definition) is 6. The summed E-state index contributed by atoms with van der Waals surface area (Å²) in [5, 5.41) is 9.93. The molecule has 0 aliphatic rings. The lowest BCUT2D eigenvalue weighted by molar-refractivity contribution is -0.0293. The van der Waals surface area contributed by atoms with Crippen LogP contribution in [0.4, 0.5) is 14.4 Å². The Morgan fingerprint density at radius 3 is 1.38 bits per heavy atom. The third-order valence-corrected chi connectivity index (χ3v) is 1.27. The Morgan fingerprint density at radius 2 is 1.24 bits per heavy atom. The van der Waals surface area contributed by atoms with E-state index in [1.807, 2.05) is 0 Å². The normalized spacial score (nSPS) is 10.6. The van der Waals surface area contributed by atoms with Crippen LogP contribution < -0.4 is 5.32 Å². The zero-order chi connectivity index (χ0) is 17.3. The quantitative estimate of drug-likeness (QED) is 0.565. The van der Waals surface area contributed by atoms with Crippen molar-refractivity contribution in [1.29, 1.82) is 0 Å². The van der Waals surface area contributed by atoms with E-state index in [4.69, 9.17) is 14.6 Å². The third kappa shape index (κ3) is 20.5. The zero-order valence-electron chi connectivity index (χ0n) is 13.6. The fourth-order valence-electron chi connectivity index (χ4n) is 0.761. The summed E-state index contributed by atoms with van der Waals surface area (Å²) in [5.41, 5.74) is -1.39. The topological polar surface area (TPSA) is 111 Å². The van der Waals surface area contributed by atoms with Gasteiger partial charge in [-0.3, -0.25) is 0 Å². The molecule has 0 rings (SSSR count). The molecule has 0 heterocycles. The SMILES string of the molecule is CC(C)(C)OC(=O)OC(=O)OC(C)(C)C.CCNC(=O)O. The van der Waals surface area contributed by atoms with Crippen molar-refractivity contribution in [2.75, 3.05) is 6.54 Å². The summed E-state index contributed by atoms with van der Waals surface area (Å²) < 4.78 is 13.8. The van der Waals surface area contributed by atoms with E-state index in [-0.39, 0.29) is 0 Å². The van der Waals surface area contributed by atoms with Crippen LogP contribution in [0, 0.1) is 0 Å². The van der Waals surface area contributed by atoms with Gasteiger partial charge in [0.05, 0.1) is 0 Å². The first-order valence-corrected chi connectivity index (χ1v) is 6.37. The molecule has 0 aliphatic carbocycles. The monoisotopic (exact) mass is 307 g/mol. The van der Waals surface area contributed by atoms with Gasteiger partial charge >= 0.3 is 18.4 Å². The molecule has 21 heavy (non-hydrogen) atoms. The van der Waals surface area contributed by atoms with Crippen molar-refractivity contribution in [1.82, 2.24) is 5.32 Å². The summed E-state index contributed by atoms with van der Waals surface area (Å²) in [6.07, 6.45) is -3.08. The maximum Gasteiger partial charge on any atom is 0.519 e. The Morgan fingerprint density at radius 1 is 0.905 bits per heavy atom. The molecule has 0 atom stereocenters. The lowest BCUT2D eigenvalue weighted by Crippen LogP contribution is -2.29. The first-order chi connectivity index (χ1) is 9.26. The predicted molar refractivity (Wildman–Crippen MR) is 75.3 cm³/mol. The molecule has 124 valence electrons. The van der Waals surface area contributed by atoms with Crippen LogP contribution in [0.25, 0.3) is 0 Å². The first kappa shape index (κ1) is 21.3. The molecule has 0 aromatic rings. The van der Waals surface area contributed by atoms with Crippen LogP contribution in [0.15, 0.2) is 0 Å². The minimum absolute atomic E-state index is 0.481. The van der Waals surface area contributed by atoms with Gasteiger partial charge in [-0.25, -0.2) is 14.4 Å². The highest BCUT2D eigenvalue weighted by Gasteiger charge is 2.24. The van der Waals surface area contributed by atoms with Gasteiger partial charge in [0.15, 0.2) is 0 Å². The molecule has 0 aromatic heterocycles. The smallest absolute Gasteiger partial charge is 0.465 e. The van der Waals surface area contributed by atoms with Gasteiger partial charge < -0.3 is 24.6 Å². The predicted octanol–water partition coefficient (Wildman–Crippen LogP) is 3.15. The molecule has 0 aromatic carbocycles. The van der Waals surface area contributed by atoms with Gasteiger partial charge in [0.2, 0.25) is 0 Å².